The largest absolute Gasteiger partial charge is 0.573 e. The van der Waals surface area contributed by atoms with Gasteiger partial charge < -0.3 is 14.8 Å². The highest BCUT2D eigenvalue weighted by molar-refractivity contribution is 5.68. The number of ether oxygens (including phenoxy) is 2. The zero-order valence-electron chi connectivity index (χ0n) is 14.3. The third-order valence-corrected chi connectivity index (χ3v) is 4.13. The summed E-state index contributed by atoms with van der Waals surface area (Å²) in [5.41, 5.74) is 2.97. The molecule has 6 nitrogen and oxygen atoms in total. The average Bonchev–Trinajstić information content (AvgIpc) is 3.02. The molecule has 0 aliphatic carbocycles. The van der Waals surface area contributed by atoms with Gasteiger partial charge in [0, 0.05) is 29.9 Å². The van der Waals surface area contributed by atoms with Crippen molar-refractivity contribution in [1.82, 2.24) is 9.78 Å². The number of rotatable bonds is 3. The van der Waals surface area contributed by atoms with Gasteiger partial charge in [0.15, 0.2) is 5.75 Å². The van der Waals surface area contributed by atoms with Gasteiger partial charge in [-0.2, -0.15) is 10.4 Å². The van der Waals surface area contributed by atoms with E-state index in [0.717, 1.165) is 16.7 Å². The van der Waals surface area contributed by atoms with E-state index in [1.54, 1.807) is 18.5 Å². The smallest absolute Gasteiger partial charge is 0.455 e. The van der Waals surface area contributed by atoms with Crippen molar-refractivity contribution in [1.29, 1.82) is 5.26 Å². The molecule has 28 heavy (non-hydrogen) atoms. The Labute approximate surface area is 157 Å². The molecule has 9 heteroatoms. The van der Waals surface area contributed by atoms with Gasteiger partial charge in [-0.1, -0.05) is 6.07 Å². The summed E-state index contributed by atoms with van der Waals surface area (Å²) in [5.74, 6) is 0.686. The Bertz CT molecular complexity index is 1070. The molecule has 142 valence electrons. The van der Waals surface area contributed by atoms with Crippen molar-refractivity contribution in [3.8, 4) is 34.4 Å². The number of nitrogens with one attached hydrogen (secondary N) is 1. The predicted molar refractivity (Wildman–Crippen MR) is 93.8 cm³/mol. The van der Waals surface area contributed by atoms with Crippen LogP contribution in [0.15, 0.2) is 48.8 Å². The zero-order valence-corrected chi connectivity index (χ0v) is 14.3. The van der Waals surface area contributed by atoms with Crippen molar-refractivity contribution in [2.45, 2.75) is 19.5 Å². The molecule has 0 bridgehead atoms. The first-order valence-corrected chi connectivity index (χ1v) is 8.25. The molecule has 2 aromatic carbocycles. The summed E-state index contributed by atoms with van der Waals surface area (Å²) in [6, 6.07) is 11.5. The van der Waals surface area contributed by atoms with Gasteiger partial charge >= 0.3 is 6.36 Å². The molecule has 4 rings (SSSR count). The number of benzene rings is 2. The molecular formula is C19H13F3N4O2. The van der Waals surface area contributed by atoms with Crippen molar-refractivity contribution < 1.29 is 22.6 Å². The number of fused-ring (bicyclic) bond motifs is 2. The summed E-state index contributed by atoms with van der Waals surface area (Å²) in [5, 5.41) is 16.0. The van der Waals surface area contributed by atoms with Crippen molar-refractivity contribution in [3.05, 3.63) is 54.4 Å². The predicted octanol–water partition coefficient (Wildman–Crippen LogP) is 4.69. The molecule has 0 radical (unpaired) electrons. The number of nitriles is 1. The maximum Gasteiger partial charge on any atom is 0.573 e. The number of alkyl halides is 3. The first kappa shape index (κ1) is 17.7. The molecule has 0 amide bonds. The Morgan fingerprint density at radius 2 is 2.00 bits per heavy atom. The van der Waals surface area contributed by atoms with E-state index in [1.165, 1.54) is 22.9 Å². The van der Waals surface area contributed by atoms with E-state index in [4.69, 9.17) is 10.00 Å². The van der Waals surface area contributed by atoms with Crippen LogP contribution in [0.25, 0.3) is 11.1 Å². The normalized spacial score (nSPS) is 12.6. The Balaban J connectivity index is 1.59. The van der Waals surface area contributed by atoms with E-state index in [2.05, 4.69) is 15.2 Å². The second-order valence-corrected chi connectivity index (χ2v) is 6.07. The van der Waals surface area contributed by atoms with Crippen LogP contribution in [-0.2, 0) is 13.1 Å². The monoisotopic (exact) mass is 386 g/mol. The Hall–Kier alpha value is -3.67. The van der Waals surface area contributed by atoms with Crippen molar-refractivity contribution in [2.75, 3.05) is 5.32 Å². The third kappa shape index (κ3) is 3.71. The molecule has 2 heterocycles. The summed E-state index contributed by atoms with van der Waals surface area (Å²) in [7, 11) is 0. The summed E-state index contributed by atoms with van der Waals surface area (Å²) in [6.07, 6.45) is -1.32. The molecule has 0 atom stereocenters. The van der Waals surface area contributed by atoms with Crippen molar-refractivity contribution >= 4 is 5.69 Å². The first-order chi connectivity index (χ1) is 13.4. The number of halogens is 3. The molecule has 0 spiro atoms. The fraction of sp³-hybridized carbons (Fsp3) is 0.158. The minimum absolute atomic E-state index is 0.160. The second kappa shape index (κ2) is 6.81. The number of hydrogen-bond acceptors (Lipinski definition) is 5. The highest BCUT2D eigenvalue weighted by Gasteiger charge is 2.31. The molecule has 0 fully saturated rings. The van der Waals surface area contributed by atoms with Gasteiger partial charge in [-0.3, -0.25) is 4.68 Å². The highest BCUT2D eigenvalue weighted by Crippen LogP contribution is 2.39. The van der Waals surface area contributed by atoms with Gasteiger partial charge in [0.05, 0.1) is 18.0 Å². The number of nitrogens with zero attached hydrogens (tertiary/aromatic N) is 3. The van der Waals surface area contributed by atoms with E-state index in [-0.39, 0.29) is 12.3 Å². The summed E-state index contributed by atoms with van der Waals surface area (Å²) >= 11 is 0. The Morgan fingerprint density at radius 3 is 2.79 bits per heavy atom. The van der Waals surface area contributed by atoms with Crippen LogP contribution < -0.4 is 14.8 Å². The van der Waals surface area contributed by atoms with Crippen LogP contribution in [0.2, 0.25) is 0 Å². The first-order valence-electron chi connectivity index (χ1n) is 8.25. The van der Waals surface area contributed by atoms with E-state index < -0.39 is 6.36 Å². The van der Waals surface area contributed by atoms with Crippen LogP contribution in [0.1, 0.15) is 5.56 Å². The van der Waals surface area contributed by atoms with Crippen molar-refractivity contribution in [2.24, 2.45) is 0 Å². The van der Waals surface area contributed by atoms with Crippen LogP contribution in [0.3, 0.4) is 0 Å². The maximum atomic E-state index is 12.4. The van der Waals surface area contributed by atoms with Crippen LogP contribution in [-0.4, -0.2) is 16.1 Å². The summed E-state index contributed by atoms with van der Waals surface area (Å²) < 4.78 is 48.6. The van der Waals surface area contributed by atoms with Crippen molar-refractivity contribution in [3.63, 3.8) is 0 Å². The van der Waals surface area contributed by atoms with Gasteiger partial charge in [0.25, 0.3) is 0 Å². The van der Waals surface area contributed by atoms with Gasteiger partial charge in [-0.15, -0.1) is 13.2 Å². The Morgan fingerprint density at radius 1 is 1.18 bits per heavy atom. The van der Waals surface area contributed by atoms with Crippen LogP contribution in [0.4, 0.5) is 18.9 Å². The molecule has 1 aliphatic rings. The molecule has 3 aromatic rings. The zero-order chi connectivity index (χ0) is 19.7. The second-order valence-electron chi connectivity index (χ2n) is 6.07. The van der Waals surface area contributed by atoms with Gasteiger partial charge in [-0.05, 0) is 29.8 Å². The number of aromatic nitrogens is 2. The summed E-state index contributed by atoms with van der Waals surface area (Å²) in [6.45, 7) is 0.519. The van der Waals surface area contributed by atoms with Crippen LogP contribution >= 0.6 is 0 Å². The highest BCUT2D eigenvalue weighted by atomic mass is 19.4. The molecular weight excluding hydrogens is 373 g/mol. The topological polar surface area (TPSA) is 72.1 Å². The molecule has 0 unspecified atom stereocenters. The number of hydrogen-bond donors (Lipinski definition) is 1. The molecule has 0 saturated carbocycles. The minimum Gasteiger partial charge on any atom is -0.455 e. The van der Waals surface area contributed by atoms with Crippen LogP contribution in [0, 0.1) is 11.3 Å². The standard InChI is InChI=1S/C19H13F3N4O2/c20-19(21,22)28-15-2-4-18-16(8-15)24-9-13-7-12(1-3-17(13)27-18)14-10-25-26(11-14)6-5-23/h1-4,7-8,10-11,24H,6,9H2. The average molecular weight is 386 g/mol. The molecule has 1 aliphatic heterocycles. The van der Waals surface area contributed by atoms with E-state index in [1.807, 2.05) is 18.2 Å². The minimum atomic E-state index is -4.76. The van der Waals surface area contributed by atoms with E-state index in [0.29, 0.717) is 23.7 Å². The lowest BCUT2D eigenvalue weighted by Gasteiger charge is -2.12. The Kier molecular flexibility index (Phi) is 4.31. The fourth-order valence-electron chi connectivity index (χ4n) is 2.91. The van der Waals surface area contributed by atoms with E-state index >= 15 is 0 Å². The van der Waals surface area contributed by atoms with Crippen LogP contribution in [0.5, 0.6) is 17.2 Å². The van der Waals surface area contributed by atoms with E-state index in [9.17, 15) is 13.2 Å². The van der Waals surface area contributed by atoms with Gasteiger partial charge in [0.1, 0.15) is 18.0 Å². The summed E-state index contributed by atoms with van der Waals surface area (Å²) in [4.78, 5) is 0. The lowest BCUT2D eigenvalue weighted by atomic mass is 10.1. The molecule has 1 N–H and O–H groups in total. The molecule has 0 saturated heterocycles. The maximum absolute atomic E-state index is 12.4. The lowest BCUT2D eigenvalue weighted by molar-refractivity contribution is -0.274. The van der Waals surface area contributed by atoms with Gasteiger partial charge in [0.2, 0.25) is 0 Å². The number of anilines is 1. The van der Waals surface area contributed by atoms with Gasteiger partial charge in [-0.25, -0.2) is 0 Å². The fourth-order valence-corrected chi connectivity index (χ4v) is 2.91. The third-order valence-electron chi connectivity index (χ3n) is 4.13. The quantitative estimate of drug-likeness (QED) is 0.707. The SMILES string of the molecule is N#CCn1cc(-c2ccc3c(c2)CNc2cc(OC(F)(F)F)ccc2O3)cn1. The molecule has 1 aromatic heterocycles. The lowest BCUT2D eigenvalue weighted by Crippen LogP contribution is -2.17.